The Morgan fingerprint density at radius 2 is 0.820 bits per heavy atom. The van der Waals surface area contributed by atoms with Gasteiger partial charge in [0.1, 0.15) is 0 Å². The van der Waals surface area contributed by atoms with E-state index in [1.807, 2.05) is 6.08 Å². The molecule has 0 aromatic carbocycles. The Bertz CT molecular complexity index is 1040. The molecule has 0 heterocycles. The fraction of sp³-hybridized carbons (Fsp3) is 0.818. The fourth-order valence-electron chi connectivity index (χ4n) is 7.73. The molecular weight excluding hydrogens is 755 g/mol. The Kier molecular flexibility index (Phi) is 48.7. The molecule has 3 N–H and O–H groups in total. The van der Waals surface area contributed by atoms with Crippen molar-refractivity contribution in [3.05, 3.63) is 48.6 Å². The van der Waals surface area contributed by atoms with Crippen LogP contribution in [0, 0.1) is 0 Å². The van der Waals surface area contributed by atoms with Gasteiger partial charge in [-0.2, -0.15) is 0 Å². The fourth-order valence-corrected chi connectivity index (χ4v) is 7.73. The number of carbonyl (C=O) groups excluding carboxylic acids is 2. The molecule has 0 aromatic rings. The first-order chi connectivity index (χ1) is 30.0. The molecule has 0 bridgehead atoms. The Morgan fingerprint density at radius 1 is 0.459 bits per heavy atom. The van der Waals surface area contributed by atoms with Gasteiger partial charge < -0.3 is 20.3 Å². The summed E-state index contributed by atoms with van der Waals surface area (Å²) >= 11 is 0. The first-order valence-corrected chi connectivity index (χ1v) is 26.4. The molecule has 6 nitrogen and oxygen atoms in total. The summed E-state index contributed by atoms with van der Waals surface area (Å²) in [4.78, 5) is 24.4. The van der Waals surface area contributed by atoms with Crippen molar-refractivity contribution in [2.24, 2.45) is 0 Å². The highest BCUT2D eigenvalue weighted by molar-refractivity contribution is 5.76. The van der Waals surface area contributed by atoms with E-state index in [2.05, 4.69) is 55.6 Å². The number of hydrogen-bond acceptors (Lipinski definition) is 5. The number of amides is 1. The summed E-state index contributed by atoms with van der Waals surface area (Å²) in [6.07, 6.45) is 62.6. The van der Waals surface area contributed by atoms with Gasteiger partial charge in [0.2, 0.25) is 5.91 Å². The second-order valence-corrected chi connectivity index (χ2v) is 17.9. The smallest absolute Gasteiger partial charge is 0.305 e. The maximum absolute atomic E-state index is 12.4. The van der Waals surface area contributed by atoms with Crippen LogP contribution in [0.25, 0.3) is 0 Å². The maximum Gasteiger partial charge on any atom is 0.305 e. The van der Waals surface area contributed by atoms with E-state index in [9.17, 15) is 19.8 Å². The summed E-state index contributed by atoms with van der Waals surface area (Å²) in [6, 6.07) is -0.644. The number of aliphatic hydroxyl groups is 2. The van der Waals surface area contributed by atoms with Gasteiger partial charge in [0, 0.05) is 12.8 Å². The van der Waals surface area contributed by atoms with Crippen LogP contribution in [0.5, 0.6) is 0 Å². The lowest BCUT2D eigenvalue weighted by Crippen LogP contribution is -2.45. The van der Waals surface area contributed by atoms with Gasteiger partial charge in [0.15, 0.2) is 0 Å². The normalized spacial score (nSPS) is 13.0. The molecule has 2 atom stereocenters. The zero-order chi connectivity index (χ0) is 44.4. The third-order valence-electron chi connectivity index (χ3n) is 11.8. The van der Waals surface area contributed by atoms with Gasteiger partial charge in [-0.05, 0) is 89.9 Å². The Balaban J connectivity index is 3.54. The number of unbranched alkanes of at least 4 members (excludes halogenated alkanes) is 32. The number of hydrogen-bond donors (Lipinski definition) is 3. The molecule has 0 saturated heterocycles. The molecule has 0 aliphatic carbocycles. The first kappa shape index (κ1) is 58.8. The lowest BCUT2D eigenvalue weighted by molar-refractivity contribution is -0.143. The van der Waals surface area contributed by atoms with Crippen LogP contribution in [0.15, 0.2) is 48.6 Å². The lowest BCUT2D eigenvalue weighted by Gasteiger charge is -2.20. The summed E-state index contributed by atoms with van der Waals surface area (Å²) in [5.41, 5.74) is 0. The summed E-state index contributed by atoms with van der Waals surface area (Å²) in [6.45, 7) is 4.82. The molecule has 0 fully saturated rings. The van der Waals surface area contributed by atoms with Gasteiger partial charge in [-0.25, -0.2) is 0 Å². The highest BCUT2D eigenvalue weighted by Gasteiger charge is 2.18. The number of aliphatic hydroxyl groups excluding tert-OH is 2. The second kappa shape index (κ2) is 50.5. The van der Waals surface area contributed by atoms with E-state index in [0.717, 1.165) is 77.0 Å². The predicted octanol–water partition coefficient (Wildman–Crippen LogP) is 15.8. The van der Waals surface area contributed by atoms with Gasteiger partial charge in [-0.1, -0.05) is 210 Å². The first-order valence-electron chi connectivity index (χ1n) is 26.4. The molecule has 0 spiro atoms. The Hall–Kier alpha value is -2.18. The van der Waals surface area contributed by atoms with Gasteiger partial charge in [0.05, 0.1) is 25.4 Å². The molecule has 356 valence electrons. The van der Waals surface area contributed by atoms with Crippen LogP contribution >= 0.6 is 0 Å². The number of ether oxygens (including phenoxy) is 1. The molecule has 0 rings (SSSR count). The van der Waals surface area contributed by atoms with Crippen LogP contribution in [0.3, 0.4) is 0 Å². The summed E-state index contributed by atoms with van der Waals surface area (Å²) in [7, 11) is 0. The second-order valence-electron chi connectivity index (χ2n) is 17.9. The van der Waals surface area contributed by atoms with Crippen LogP contribution < -0.4 is 5.32 Å². The average molecular weight is 856 g/mol. The van der Waals surface area contributed by atoms with Gasteiger partial charge in [-0.15, -0.1) is 0 Å². The molecule has 0 aromatic heterocycles. The predicted molar refractivity (Wildman–Crippen MR) is 264 cm³/mol. The van der Waals surface area contributed by atoms with Crippen molar-refractivity contribution in [1.82, 2.24) is 5.32 Å². The van der Waals surface area contributed by atoms with Gasteiger partial charge in [-0.3, -0.25) is 9.59 Å². The van der Waals surface area contributed by atoms with Crippen molar-refractivity contribution in [2.45, 2.75) is 276 Å². The molecule has 61 heavy (non-hydrogen) atoms. The van der Waals surface area contributed by atoms with Crippen molar-refractivity contribution in [2.75, 3.05) is 13.2 Å². The van der Waals surface area contributed by atoms with Crippen LogP contribution in [0.1, 0.15) is 264 Å². The van der Waals surface area contributed by atoms with E-state index >= 15 is 0 Å². The van der Waals surface area contributed by atoms with Crippen LogP contribution in [0.4, 0.5) is 0 Å². The van der Waals surface area contributed by atoms with Crippen LogP contribution in [-0.4, -0.2) is 47.4 Å². The topological polar surface area (TPSA) is 95.9 Å². The third kappa shape index (κ3) is 47.1. The maximum atomic E-state index is 12.4. The molecular formula is C55H101NO5. The van der Waals surface area contributed by atoms with E-state index in [4.69, 9.17) is 4.74 Å². The minimum Gasteiger partial charge on any atom is -0.466 e. The molecule has 1 amide bonds. The van der Waals surface area contributed by atoms with Gasteiger partial charge in [0.25, 0.3) is 0 Å². The van der Waals surface area contributed by atoms with Crippen molar-refractivity contribution in [1.29, 1.82) is 0 Å². The average Bonchev–Trinajstić information content (AvgIpc) is 3.26. The highest BCUT2D eigenvalue weighted by atomic mass is 16.5. The zero-order valence-electron chi connectivity index (χ0n) is 40.4. The van der Waals surface area contributed by atoms with E-state index < -0.39 is 12.1 Å². The minimum absolute atomic E-state index is 0.0271. The number of esters is 1. The van der Waals surface area contributed by atoms with Crippen molar-refractivity contribution in [3.63, 3.8) is 0 Å². The minimum atomic E-state index is -0.858. The number of nitrogens with one attached hydrogen (secondary N) is 1. The zero-order valence-corrected chi connectivity index (χ0v) is 40.4. The highest BCUT2D eigenvalue weighted by Crippen LogP contribution is 2.14. The molecule has 0 radical (unpaired) electrons. The van der Waals surface area contributed by atoms with E-state index in [1.165, 1.54) is 161 Å². The lowest BCUT2D eigenvalue weighted by atomic mass is 10.1. The summed E-state index contributed by atoms with van der Waals surface area (Å²) in [5, 5.41) is 23.0. The number of allylic oxidation sites excluding steroid dienone is 7. The molecule has 6 heteroatoms. The van der Waals surface area contributed by atoms with E-state index in [1.54, 1.807) is 6.08 Å². The van der Waals surface area contributed by atoms with Crippen molar-refractivity contribution < 1.29 is 24.5 Å². The quantitative estimate of drug-likeness (QED) is 0.0245. The third-order valence-corrected chi connectivity index (χ3v) is 11.8. The van der Waals surface area contributed by atoms with Crippen LogP contribution in [-0.2, 0) is 14.3 Å². The Morgan fingerprint density at radius 3 is 1.26 bits per heavy atom. The van der Waals surface area contributed by atoms with Crippen molar-refractivity contribution >= 4 is 11.9 Å². The van der Waals surface area contributed by atoms with Gasteiger partial charge >= 0.3 is 5.97 Å². The van der Waals surface area contributed by atoms with E-state index in [-0.39, 0.29) is 18.5 Å². The molecule has 2 unspecified atom stereocenters. The van der Waals surface area contributed by atoms with Crippen LogP contribution in [0.2, 0.25) is 0 Å². The molecule has 0 aliphatic rings. The largest absolute Gasteiger partial charge is 0.466 e. The monoisotopic (exact) mass is 856 g/mol. The SMILES string of the molecule is CCCCCCCC/C=C\CCCCCCCCCC(=O)OCCCCC/C=C\C=C/CCCCCCCCC(=O)NC(CO)C(O)/C=C/CCCCCCCCCCCC. The van der Waals surface area contributed by atoms with Crippen molar-refractivity contribution in [3.8, 4) is 0 Å². The van der Waals surface area contributed by atoms with E-state index in [0.29, 0.717) is 19.4 Å². The summed E-state index contributed by atoms with van der Waals surface area (Å²) < 4.78 is 5.45. The Labute approximate surface area is 378 Å². The molecule has 0 saturated carbocycles. The standard InChI is InChI=1S/C55H101NO5/c1-3-5-7-9-11-13-15-17-18-19-22-25-29-33-37-41-45-49-55(60)61-50-46-42-38-34-30-26-23-20-21-24-28-32-36-40-44-48-54(59)56-52(51-57)53(58)47-43-39-35-31-27-16-14-12-10-8-6-4-2/h17-18,20,23,26,30,43,47,52-53,57-58H,3-16,19,21-22,24-25,27-29,31-42,44-46,48-51H2,1-2H3,(H,56,59)/b18-17-,23-20-,30-26-,47-43+. The summed E-state index contributed by atoms with van der Waals surface area (Å²) in [5.74, 6) is -0.120. The number of rotatable bonds is 48. The number of carbonyl (C=O) groups is 2. The molecule has 0 aliphatic heterocycles.